The van der Waals surface area contributed by atoms with Gasteiger partial charge in [0.2, 0.25) is 0 Å². The molecule has 1 aromatic heterocycles. The molecule has 1 amide bonds. The Bertz CT molecular complexity index is 564. The van der Waals surface area contributed by atoms with Crippen molar-refractivity contribution in [1.29, 1.82) is 0 Å². The lowest BCUT2D eigenvalue weighted by Gasteiger charge is -2.45. The number of aromatic nitrogens is 4. The Morgan fingerprint density at radius 2 is 2.04 bits per heavy atom. The third-order valence-electron chi connectivity index (χ3n) is 5.28. The summed E-state index contributed by atoms with van der Waals surface area (Å²) in [5.41, 5.74) is 0. The number of aryl methyl sites for hydroxylation is 1. The van der Waals surface area contributed by atoms with Gasteiger partial charge in [-0.1, -0.05) is 11.6 Å². The summed E-state index contributed by atoms with van der Waals surface area (Å²) in [6.07, 6.45) is 3.98. The number of H-pyrrole nitrogens is 1. The van der Waals surface area contributed by atoms with Crippen LogP contribution in [0.4, 0.5) is 4.79 Å². The Hall–Kier alpha value is -2.19. The summed E-state index contributed by atoms with van der Waals surface area (Å²) in [4.78, 5) is 23.8. The zero-order valence-electron chi connectivity index (χ0n) is 12.8. The van der Waals surface area contributed by atoms with Crippen LogP contribution in [0, 0.1) is 17.8 Å². The van der Waals surface area contributed by atoms with Gasteiger partial charge in [-0.15, -0.1) is 10.2 Å². The molecule has 0 aromatic carbocycles. The molecular formula is C14H21N5O4. The number of carbonyl (C=O) groups is 2. The number of carboxylic acid groups (broad SMARTS) is 2. The van der Waals surface area contributed by atoms with Gasteiger partial charge in [-0.25, -0.2) is 9.59 Å². The summed E-state index contributed by atoms with van der Waals surface area (Å²) < 4.78 is 0. The summed E-state index contributed by atoms with van der Waals surface area (Å²) >= 11 is 0. The molecule has 0 radical (unpaired) electrons. The smallest absolute Gasteiger partial charge is 0.408 e. The van der Waals surface area contributed by atoms with Crippen LogP contribution in [-0.2, 0) is 11.2 Å². The Balaban J connectivity index is 1.59. The number of rotatable bonds is 4. The molecule has 1 saturated heterocycles. The number of hydrogen-bond donors (Lipinski definition) is 3. The van der Waals surface area contributed by atoms with Crippen molar-refractivity contribution in [2.45, 2.75) is 44.6 Å². The molecule has 126 valence electrons. The Kier molecular flexibility index (Phi) is 4.44. The number of likely N-dealkylation sites (tertiary alicyclic amines) is 1. The quantitative estimate of drug-likeness (QED) is 0.753. The van der Waals surface area contributed by atoms with Crippen LogP contribution in [0.5, 0.6) is 0 Å². The second-order valence-corrected chi connectivity index (χ2v) is 6.59. The van der Waals surface area contributed by atoms with E-state index in [-0.39, 0.29) is 11.8 Å². The lowest BCUT2D eigenvalue weighted by Crippen LogP contribution is -2.54. The zero-order valence-corrected chi connectivity index (χ0v) is 12.8. The van der Waals surface area contributed by atoms with Crippen LogP contribution in [0.15, 0.2) is 0 Å². The van der Waals surface area contributed by atoms with Gasteiger partial charge < -0.3 is 10.2 Å². The van der Waals surface area contributed by atoms with Crippen LogP contribution in [0.2, 0.25) is 0 Å². The second kappa shape index (κ2) is 6.51. The molecule has 2 aliphatic rings. The maximum atomic E-state index is 11.4. The highest BCUT2D eigenvalue weighted by Gasteiger charge is 2.43. The predicted molar refractivity (Wildman–Crippen MR) is 77.6 cm³/mol. The summed E-state index contributed by atoms with van der Waals surface area (Å²) in [6, 6.07) is -0.912. The topological polar surface area (TPSA) is 132 Å². The van der Waals surface area contributed by atoms with E-state index < -0.39 is 18.1 Å². The molecule has 3 N–H and O–H groups in total. The van der Waals surface area contributed by atoms with E-state index in [9.17, 15) is 19.8 Å². The van der Waals surface area contributed by atoms with E-state index >= 15 is 0 Å². The van der Waals surface area contributed by atoms with E-state index in [0.29, 0.717) is 24.7 Å². The molecular weight excluding hydrogens is 302 g/mol. The van der Waals surface area contributed by atoms with Crippen molar-refractivity contribution in [2.24, 2.45) is 17.8 Å². The first-order chi connectivity index (χ1) is 11.0. The molecule has 9 nitrogen and oxygen atoms in total. The van der Waals surface area contributed by atoms with Gasteiger partial charge in [-0.3, -0.25) is 4.90 Å². The summed E-state index contributed by atoms with van der Waals surface area (Å²) in [7, 11) is 0. The molecule has 1 aliphatic carbocycles. The second-order valence-electron chi connectivity index (χ2n) is 6.59. The van der Waals surface area contributed by atoms with Gasteiger partial charge in [0.1, 0.15) is 6.04 Å². The minimum absolute atomic E-state index is 0.281. The normalized spacial score (nSPS) is 30.7. The van der Waals surface area contributed by atoms with Gasteiger partial charge in [-0.05, 0) is 43.4 Å². The van der Waals surface area contributed by atoms with Crippen LogP contribution < -0.4 is 0 Å². The SMILES string of the molecule is O=C(O)C1CC2CC(CCc3nn[nH]n3)CCC2CN1C(=O)O. The molecule has 2 fully saturated rings. The maximum Gasteiger partial charge on any atom is 0.408 e. The first-order valence-electron chi connectivity index (χ1n) is 7.99. The summed E-state index contributed by atoms with van der Waals surface area (Å²) in [5, 5.41) is 32.4. The Labute approximate surface area is 133 Å². The van der Waals surface area contributed by atoms with Gasteiger partial charge in [0.05, 0.1) is 0 Å². The monoisotopic (exact) mass is 323 g/mol. The number of carboxylic acids is 1. The van der Waals surface area contributed by atoms with Gasteiger partial charge in [0, 0.05) is 13.0 Å². The number of nitrogens with zero attached hydrogens (tertiary/aromatic N) is 4. The number of nitrogens with one attached hydrogen (secondary N) is 1. The number of tetrazole rings is 1. The lowest BCUT2D eigenvalue weighted by atomic mass is 9.68. The van der Waals surface area contributed by atoms with Gasteiger partial charge in [0.25, 0.3) is 0 Å². The first-order valence-corrected chi connectivity index (χ1v) is 7.99. The van der Waals surface area contributed by atoms with Crippen molar-refractivity contribution < 1.29 is 19.8 Å². The molecule has 4 unspecified atom stereocenters. The number of piperidine rings is 1. The minimum atomic E-state index is -1.13. The molecule has 0 spiro atoms. The van der Waals surface area contributed by atoms with Gasteiger partial charge in [-0.2, -0.15) is 5.21 Å². The zero-order chi connectivity index (χ0) is 16.4. The third kappa shape index (κ3) is 3.43. The van der Waals surface area contributed by atoms with Crippen LogP contribution in [0.3, 0.4) is 0 Å². The molecule has 3 rings (SSSR count). The summed E-state index contributed by atoms with van der Waals surface area (Å²) in [6.45, 7) is 0.342. The Morgan fingerprint density at radius 1 is 1.22 bits per heavy atom. The predicted octanol–water partition coefficient (Wildman–Crippen LogP) is 1.00. The maximum absolute atomic E-state index is 11.4. The third-order valence-corrected chi connectivity index (χ3v) is 5.28. The highest BCUT2D eigenvalue weighted by Crippen LogP contribution is 2.42. The molecule has 9 heteroatoms. The van der Waals surface area contributed by atoms with Gasteiger partial charge >= 0.3 is 12.1 Å². The molecule has 23 heavy (non-hydrogen) atoms. The fourth-order valence-electron chi connectivity index (χ4n) is 4.08. The fourth-order valence-corrected chi connectivity index (χ4v) is 4.08. The molecule has 1 aliphatic heterocycles. The number of hydrogen-bond acceptors (Lipinski definition) is 5. The van der Waals surface area contributed by atoms with Crippen molar-refractivity contribution >= 4 is 12.1 Å². The summed E-state index contributed by atoms with van der Waals surface area (Å²) in [5.74, 6) is 0.746. The van der Waals surface area contributed by atoms with Crippen molar-refractivity contribution in [3.63, 3.8) is 0 Å². The van der Waals surface area contributed by atoms with Crippen molar-refractivity contribution in [2.75, 3.05) is 6.54 Å². The molecule has 1 aromatic rings. The molecule has 1 saturated carbocycles. The highest BCUT2D eigenvalue weighted by molar-refractivity contribution is 5.79. The van der Waals surface area contributed by atoms with E-state index in [1.165, 1.54) is 0 Å². The fraction of sp³-hybridized carbons (Fsp3) is 0.786. The van der Waals surface area contributed by atoms with E-state index in [1.807, 2.05) is 0 Å². The van der Waals surface area contributed by atoms with Crippen LogP contribution in [0.25, 0.3) is 0 Å². The van der Waals surface area contributed by atoms with Crippen molar-refractivity contribution in [3.05, 3.63) is 5.82 Å². The average molecular weight is 323 g/mol. The largest absolute Gasteiger partial charge is 0.480 e. The van der Waals surface area contributed by atoms with Crippen molar-refractivity contribution in [3.8, 4) is 0 Å². The van der Waals surface area contributed by atoms with Crippen LogP contribution in [-0.4, -0.2) is 60.4 Å². The number of aliphatic carboxylic acids is 1. The molecule has 0 bridgehead atoms. The molecule has 4 atom stereocenters. The number of amides is 1. The minimum Gasteiger partial charge on any atom is -0.480 e. The highest BCUT2D eigenvalue weighted by atomic mass is 16.4. The number of aromatic amines is 1. The lowest BCUT2D eigenvalue weighted by molar-refractivity contribution is -0.146. The standard InChI is InChI=1S/C14H21N5O4/c20-13(21)11-6-10-5-8(2-4-12-15-17-18-16-12)1-3-9(10)7-19(11)14(22)23/h8-11H,1-7H2,(H,20,21)(H,22,23)(H,15,16,17,18). The van der Waals surface area contributed by atoms with Crippen molar-refractivity contribution in [1.82, 2.24) is 25.5 Å². The number of fused-ring (bicyclic) bond motifs is 1. The van der Waals surface area contributed by atoms with E-state index in [2.05, 4.69) is 20.6 Å². The van der Waals surface area contributed by atoms with E-state index in [0.717, 1.165) is 37.0 Å². The van der Waals surface area contributed by atoms with Gasteiger partial charge in [0.15, 0.2) is 5.82 Å². The average Bonchev–Trinajstić information content (AvgIpc) is 3.04. The first kappa shape index (κ1) is 15.7. The molecule has 2 heterocycles. The van der Waals surface area contributed by atoms with E-state index in [1.54, 1.807) is 0 Å². The van der Waals surface area contributed by atoms with Crippen LogP contribution in [0.1, 0.15) is 37.9 Å². The Morgan fingerprint density at radius 3 is 2.70 bits per heavy atom. The van der Waals surface area contributed by atoms with Crippen LogP contribution >= 0.6 is 0 Å². The van der Waals surface area contributed by atoms with E-state index in [4.69, 9.17) is 0 Å².